The summed E-state index contributed by atoms with van der Waals surface area (Å²) in [5, 5.41) is 3.16. The molecule has 40 heavy (non-hydrogen) atoms. The maximum Gasteiger partial charge on any atom is 0.264 e. The maximum absolute atomic E-state index is 14.1. The largest absolute Gasteiger partial charge is 0.497 e. The Bertz CT molecular complexity index is 1440. The molecule has 214 valence electrons. The lowest BCUT2D eigenvalue weighted by molar-refractivity contribution is -0.140. The number of sulfonamides is 1. The van der Waals surface area contributed by atoms with Gasteiger partial charge in [0.2, 0.25) is 11.8 Å². The Kier molecular flexibility index (Phi) is 10.6. The van der Waals surface area contributed by atoms with Crippen LogP contribution in [-0.2, 0) is 26.2 Å². The number of hydrogen-bond acceptors (Lipinski definition) is 5. The van der Waals surface area contributed by atoms with Gasteiger partial charge in [0.05, 0.1) is 17.7 Å². The fourth-order valence-electron chi connectivity index (χ4n) is 4.28. The van der Waals surface area contributed by atoms with E-state index >= 15 is 0 Å². The molecule has 3 rings (SSSR count). The summed E-state index contributed by atoms with van der Waals surface area (Å²) in [6.07, 6.45) is 0.336. The number of carbonyl (C=O) groups is 2. The highest BCUT2D eigenvalue weighted by Crippen LogP contribution is 2.29. The first kappa shape index (κ1) is 31.0. The van der Waals surface area contributed by atoms with Crippen LogP contribution >= 0.6 is 11.6 Å². The number of nitrogens with zero attached hydrogens (tertiary/aromatic N) is 2. The number of ether oxygens (including phenoxy) is 1. The number of methoxy groups -OCH3 is 1. The van der Waals surface area contributed by atoms with E-state index in [9.17, 15) is 18.0 Å². The summed E-state index contributed by atoms with van der Waals surface area (Å²) in [6.45, 7) is 7.23. The number of halogens is 1. The summed E-state index contributed by atoms with van der Waals surface area (Å²) in [7, 11) is -2.62. The smallest absolute Gasteiger partial charge is 0.264 e. The summed E-state index contributed by atoms with van der Waals surface area (Å²) < 4.78 is 34.2. The highest BCUT2D eigenvalue weighted by molar-refractivity contribution is 7.92. The Balaban J connectivity index is 2.09. The van der Waals surface area contributed by atoms with Crippen molar-refractivity contribution >= 4 is 39.1 Å². The molecule has 8 nitrogen and oxygen atoms in total. The minimum absolute atomic E-state index is 0.0395. The zero-order chi connectivity index (χ0) is 29.4. The molecule has 0 bridgehead atoms. The van der Waals surface area contributed by atoms with Crippen LogP contribution in [0.4, 0.5) is 5.69 Å². The molecule has 1 N–H and O–H groups in total. The van der Waals surface area contributed by atoms with Crippen molar-refractivity contribution < 1.29 is 22.7 Å². The van der Waals surface area contributed by atoms with Gasteiger partial charge in [-0.15, -0.1) is 0 Å². The molecule has 0 radical (unpaired) electrons. The first-order valence-corrected chi connectivity index (χ1v) is 14.9. The number of carbonyl (C=O) groups excluding carboxylic acids is 2. The molecule has 3 aromatic rings. The van der Waals surface area contributed by atoms with E-state index in [0.717, 1.165) is 21.0 Å². The second-order valence-electron chi connectivity index (χ2n) is 9.45. The van der Waals surface area contributed by atoms with E-state index in [4.69, 9.17) is 16.3 Å². The monoisotopic (exact) mass is 585 g/mol. The number of amides is 2. The fraction of sp³-hybridized carbons (Fsp3) is 0.333. The van der Waals surface area contributed by atoms with Crippen LogP contribution in [0.2, 0.25) is 5.02 Å². The minimum atomic E-state index is -4.17. The first-order chi connectivity index (χ1) is 19.0. The summed E-state index contributed by atoms with van der Waals surface area (Å²) in [5.41, 5.74) is 2.65. The van der Waals surface area contributed by atoms with Crippen molar-refractivity contribution in [3.05, 3.63) is 88.4 Å². The van der Waals surface area contributed by atoms with E-state index in [1.807, 2.05) is 26.8 Å². The quantitative estimate of drug-likeness (QED) is 0.319. The molecule has 0 aliphatic heterocycles. The van der Waals surface area contributed by atoms with Crippen molar-refractivity contribution in [2.45, 2.75) is 51.6 Å². The van der Waals surface area contributed by atoms with Gasteiger partial charge < -0.3 is 15.0 Å². The maximum atomic E-state index is 14.1. The average molecular weight is 586 g/mol. The van der Waals surface area contributed by atoms with Crippen LogP contribution < -0.4 is 14.4 Å². The minimum Gasteiger partial charge on any atom is -0.497 e. The first-order valence-electron chi connectivity index (χ1n) is 13.1. The molecular formula is C30H36ClN3O5S. The average Bonchev–Trinajstić information content (AvgIpc) is 2.93. The molecule has 0 aliphatic carbocycles. The third-order valence-corrected chi connectivity index (χ3v) is 8.75. The van der Waals surface area contributed by atoms with Gasteiger partial charge in [-0.1, -0.05) is 54.4 Å². The van der Waals surface area contributed by atoms with Crippen molar-refractivity contribution in [1.29, 1.82) is 0 Å². The van der Waals surface area contributed by atoms with E-state index in [0.29, 0.717) is 23.7 Å². The van der Waals surface area contributed by atoms with Crippen LogP contribution in [0, 0.1) is 13.8 Å². The van der Waals surface area contributed by atoms with Crippen LogP contribution in [-0.4, -0.2) is 51.4 Å². The highest BCUT2D eigenvalue weighted by Gasteiger charge is 2.33. The van der Waals surface area contributed by atoms with Gasteiger partial charge in [0.15, 0.2) is 0 Å². The number of hydrogen-bond donors (Lipinski definition) is 1. The lowest BCUT2D eigenvalue weighted by Gasteiger charge is -2.33. The van der Waals surface area contributed by atoms with Crippen molar-refractivity contribution in [3.63, 3.8) is 0 Å². The molecule has 3 aromatic carbocycles. The molecule has 0 aromatic heterocycles. The zero-order valence-electron chi connectivity index (χ0n) is 23.5. The van der Waals surface area contributed by atoms with Crippen molar-refractivity contribution in [3.8, 4) is 5.75 Å². The van der Waals surface area contributed by atoms with Gasteiger partial charge in [-0.2, -0.15) is 0 Å². The molecule has 2 amide bonds. The van der Waals surface area contributed by atoms with Crippen LogP contribution in [0.1, 0.15) is 37.0 Å². The van der Waals surface area contributed by atoms with Crippen LogP contribution in [0.5, 0.6) is 5.75 Å². The second-order valence-corrected chi connectivity index (χ2v) is 11.7. The van der Waals surface area contributed by atoms with Crippen LogP contribution in [0.15, 0.2) is 71.6 Å². The molecule has 10 heteroatoms. The molecule has 0 saturated carbocycles. The van der Waals surface area contributed by atoms with Gasteiger partial charge in [0.25, 0.3) is 10.0 Å². The molecule has 0 unspecified atom stereocenters. The number of rotatable bonds is 12. The zero-order valence-corrected chi connectivity index (χ0v) is 25.1. The molecule has 1 atom stereocenters. The fourth-order valence-corrected chi connectivity index (χ4v) is 5.86. The standard InChI is InChI=1S/C30H36ClN3O5S/c1-6-28(30(36)32-7-2)33(19-23-9-8-10-25(17-23)39-5)29(35)20-34(24-14-13-22(4)27(31)18-24)40(37,38)26-15-11-21(3)12-16-26/h8-18,28H,6-7,19-20H2,1-5H3,(H,32,36)/t28-/m0/s1. The Labute approximate surface area is 241 Å². The molecule has 0 aliphatic rings. The summed E-state index contributed by atoms with van der Waals surface area (Å²) >= 11 is 6.38. The van der Waals surface area contributed by atoms with Crippen molar-refractivity contribution in [2.75, 3.05) is 24.5 Å². The number of anilines is 1. The van der Waals surface area contributed by atoms with Gasteiger partial charge in [0.1, 0.15) is 18.3 Å². The molecule has 0 fully saturated rings. The Morgan fingerprint density at radius 1 is 1.00 bits per heavy atom. The van der Waals surface area contributed by atoms with E-state index in [1.165, 1.54) is 23.1 Å². The summed E-state index contributed by atoms with van der Waals surface area (Å²) in [5.74, 6) is -0.241. The van der Waals surface area contributed by atoms with Gasteiger partial charge in [-0.05, 0) is 74.7 Å². The van der Waals surface area contributed by atoms with Crippen molar-refractivity contribution in [2.24, 2.45) is 0 Å². The Morgan fingerprint density at radius 3 is 2.30 bits per heavy atom. The molecule has 0 saturated heterocycles. The molecule has 0 heterocycles. The third-order valence-electron chi connectivity index (χ3n) is 6.56. The lowest BCUT2D eigenvalue weighted by Crippen LogP contribution is -2.52. The van der Waals surface area contributed by atoms with Crippen LogP contribution in [0.25, 0.3) is 0 Å². The van der Waals surface area contributed by atoms with Gasteiger partial charge in [-0.25, -0.2) is 8.42 Å². The van der Waals surface area contributed by atoms with E-state index in [-0.39, 0.29) is 23.0 Å². The predicted molar refractivity (Wildman–Crippen MR) is 158 cm³/mol. The summed E-state index contributed by atoms with van der Waals surface area (Å²) in [6, 6.07) is 17.7. The Morgan fingerprint density at radius 2 is 1.70 bits per heavy atom. The molecular weight excluding hydrogens is 550 g/mol. The number of benzene rings is 3. The van der Waals surface area contributed by atoms with Crippen molar-refractivity contribution in [1.82, 2.24) is 10.2 Å². The second kappa shape index (κ2) is 13.7. The molecule has 0 spiro atoms. The lowest BCUT2D eigenvalue weighted by atomic mass is 10.1. The van der Waals surface area contributed by atoms with Gasteiger partial charge >= 0.3 is 0 Å². The van der Waals surface area contributed by atoms with Gasteiger partial charge in [0, 0.05) is 18.1 Å². The number of nitrogens with one attached hydrogen (secondary N) is 1. The SMILES string of the molecule is CCNC(=O)[C@H](CC)N(Cc1cccc(OC)c1)C(=O)CN(c1ccc(C)c(Cl)c1)S(=O)(=O)c1ccc(C)cc1. The topological polar surface area (TPSA) is 96.0 Å². The summed E-state index contributed by atoms with van der Waals surface area (Å²) in [4.78, 5) is 28.6. The predicted octanol–water partition coefficient (Wildman–Crippen LogP) is 5.10. The number of aryl methyl sites for hydroxylation is 2. The van der Waals surface area contributed by atoms with E-state index in [1.54, 1.807) is 56.5 Å². The van der Waals surface area contributed by atoms with Crippen LogP contribution in [0.3, 0.4) is 0 Å². The Hall–Kier alpha value is -3.56. The van der Waals surface area contributed by atoms with E-state index < -0.39 is 28.5 Å². The van der Waals surface area contributed by atoms with E-state index in [2.05, 4.69) is 5.32 Å². The highest BCUT2D eigenvalue weighted by atomic mass is 35.5. The van der Waals surface area contributed by atoms with Gasteiger partial charge in [-0.3, -0.25) is 13.9 Å². The normalized spacial score (nSPS) is 11.9. The third kappa shape index (κ3) is 7.34. The number of likely N-dealkylation sites (N-methyl/N-ethyl adjacent to an activating group) is 1.